The number of hydrogen-bond donors (Lipinski definition) is 1. The minimum atomic E-state index is -0.183. The highest BCUT2D eigenvalue weighted by Gasteiger charge is 2.32. The zero-order chi connectivity index (χ0) is 14.3. The molecule has 0 spiro atoms. The smallest absolute Gasteiger partial charge is 0.113 e. The van der Waals surface area contributed by atoms with E-state index in [9.17, 15) is 0 Å². The maximum Gasteiger partial charge on any atom is 0.113 e. The van der Waals surface area contributed by atoms with Gasteiger partial charge in [-0.3, -0.25) is 0 Å². The fourth-order valence-corrected chi connectivity index (χ4v) is 5.21. The molecule has 108 valence electrons. The van der Waals surface area contributed by atoms with E-state index in [-0.39, 0.29) is 5.54 Å². The first kappa shape index (κ1) is 13.4. The van der Waals surface area contributed by atoms with Gasteiger partial charge in [-0.15, -0.1) is 22.7 Å². The summed E-state index contributed by atoms with van der Waals surface area (Å²) in [4.78, 5) is 6.12. The van der Waals surface area contributed by atoms with Crippen LogP contribution < -0.4 is 5.73 Å². The van der Waals surface area contributed by atoms with Crippen molar-refractivity contribution in [2.75, 3.05) is 0 Å². The van der Waals surface area contributed by atoms with Crippen LogP contribution >= 0.6 is 22.7 Å². The van der Waals surface area contributed by atoms with E-state index < -0.39 is 0 Å². The summed E-state index contributed by atoms with van der Waals surface area (Å²) in [5.74, 6) is 0. The summed E-state index contributed by atoms with van der Waals surface area (Å²) in [5.41, 5.74) is 7.50. The Balaban J connectivity index is 1.70. The number of nitrogens with zero attached hydrogens (tertiary/aromatic N) is 1. The highest BCUT2D eigenvalue weighted by atomic mass is 32.1. The van der Waals surface area contributed by atoms with Crippen LogP contribution in [0.3, 0.4) is 0 Å². The van der Waals surface area contributed by atoms with Gasteiger partial charge < -0.3 is 5.73 Å². The molecule has 1 aliphatic rings. The minimum Gasteiger partial charge on any atom is -0.319 e. The van der Waals surface area contributed by atoms with Crippen molar-refractivity contribution in [3.63, 3.8) is 0 Å². The largest absolute Gasteiger partial charge is 0.319 e. The molecular formula is C17H18N2S2. The van der Waals surface area contributed by atoms with Gasteiger partial charge in [0.15, 0.2) is 0 Å². The number of nitrogens with two attached hydrogens (primary N) is 1. The van der Waals surface area contributed by atoms with Crippen molar-refractivity contribution in [3.8, 4) is 10.6 Å². The van der Waals surface area contributed by atoms with Gasteiger partial charge in [0.1, 0.15) is 5.01 Å². The lowest BCUT2D eigenvalue weighted by Gasteiger charge is -2.31. The molecule has 0 atom stereocenters. The molecule has 3 aromatic rings. The summed E-state index contributed by atoms with van der Waals surface area (Å²) < 4.78 is 1.32. The summed E-state index contributed by atoms with van der Waals surface area (Å²) in [6.45, 7) is 0. The molecule has 0 unspecified atom stereocenters. The van der Waals surface area contributed by atoms with Crippen LogP contribution in [0.2, 0.25) is 0 Å². The number of thiazole rings is 1. The quantitative estimate of drug-likeness (QED) is 0.711. The standard InChI is InChI=1S/C17H18N2S2/c18-17(8-4-1-5-9-17)16-19-13(11-20-16)15-10-12-6-2-3-7-14(12)21-15/h2-3,6-7,10-11H,1,4-5,8-9,18H2. The predicted molar refractivity (Wildman–Crippen MR) is 91.9 cm³/mol. The molecule has 0 radical (unpaired) electrons. The van der Waals surface area contributed by atoms with Gasteiger partial charge >= 0.3 is 0 Å². The number of rotatable bonds is 2. The lowest BCUT2D eigenvalue weighted by Crippen LogP contribution is -2.38. The van der Waals surface area contributed by atoms with Gasteiger partial charge in [-0.05, 0) is 30.4 Å². The molecule has 21 heavy (non-hydrogen) atoms. The van der Waals surface area contributed by atoms with Crippen molar-refractivity contribution in [2.45, 2.75) is 37.6 Å². The zero-order valence-corrected chi connectivity index (χ0v) is 13.5. The van der Waals surface area contributed by atoms with E-state index in [1.807, 2.05) is 11.3 Å². The molecule has 0 aliphatic heterocycles. The van der Waals surface area contributed by atoms with Crippen LogP contribution in [0, 0.1) is 0 Å². The minimum absolute atomic E-state index is 0.183. The van der Waals surface area contributed by atoms with E-state index in [0.29, 0.717) is 0 Å². The Morgan fingerprint density at radius 3 is 2.71 bits per heavy atom. The third-order valence-corrected chi connectivity index (χ3v) is 6.55. The van der Waals surface area contributed by atoms with Gasteiger partial charge in [0.25, 0.3) is 0 Å². The Labute approximate surface area is 132 Å². The topological polar surface area (TPSA) is 38.9 Å². The Morgan fingerprint density at radius 1 is 1.10 bits per heavy atom. The third kappa shape index (κ3) is 2.41. The summed E-state index contributed by atoms with van der Waals surface area (Å²) in [5, 5.41) is 4.59. The number of aromatic nitrogens is 1. The van der Waals surface area contributed by atoms with Crippen LogP contribution in [0.25, 0.3) is 20.7 Å². The van der Waals surface area contributed by atoms with Gasteiger partial charge in [-0.1, -0.05) is 37.5 Å². The summed E-state index contributed by atoms with van der Waals surface area (Å²) in [6.07, 6.45) is 5.93. The molecule has 2 aromatic heterocycles. The molecule has 1 saturated carbocycles. The molecule has 1 aliphatic carbocycles. The highest BCUT2D eigenvalue weighted by Crippen LogP contribution is 2.39. The monoisotopic (exact) mass is 314 g/mol. The maximum absolute atomic E-state index is 6.60. The van der Waals surface area contributed by atoms with Crippen molar-refractivity contribution in [3.05, 3.63) is 40.7 Å². The average Bonchev–Trinajstić information content (AvgIpc) is 3.15. The molecule has 2 nitrogen and oxygen atoms in total. The maximum atomic E-state index is 6.60. The first-order valence-electron chi connectivity index (χ1n) is 7.48. The van der Waals surface area contributed by atoms with Crippen molar-refractivity contribution in [1.82, 2.24) is 4.98 Å². The van der Waals surface area contributed by atoms with Crippen molar-refractivity contribution >= 4 is 32.8 Å². The van der Waals surface area contributed by atoms with Gasteiger partial charge in [-0.2, -0.15) is 0 Å². The molecule has 4 rings (SSSR count). The molecule has 1 aromatic carbocycles. The molecule has 2 heterocycles. The van der Waals surface area contributed by atoms with E-state index in [4.69, 9.17) is 10.7 Å². The number of fused-ring (bicyclic) bond motifs is 1. The first-order valence-corrected chi connectivity index (χ1v) is 9.18. The predicted octanol–water partition coefficient (Wildman–Crippen LogP) is 5.14. The van der Waals surface area contributed by atoms with E-state index in [2.05, 4.69) is 35.7 Å². The lowest BCUT2D eigenvalue weighted by molar-refractivity contribution is 0.301. The Kier molecular flexibility index (Phi) is 3.32. The molecule has 0 saturated heterocycles. The first-order chi connectivity index (χ1) is 10.2. The second-order valence-corrected chi connectivity index (χ2v) is 7.85. The Bertz CT molecular complexity index is 733. The average molecular weight is 314 g/mol. The SMILES string of the molecule is NC1(c2nc(-c3cc4ccccc4s3)cs2)CCCCC1. The number of hydrogen-bond acceptors (Lipinski definition) is 4. The number of benzene rings is 1. The van der Waals surface area contributed by atoms with Gasteiger partial charge in [0.2, 0.25) is 0 Å². The Hall–Kier alpha value is -1.23. The summed E-state index contributed by atoms with van der Waals surface area (Å²) in [6, 6.07) is 10.7. The van der Waals surface area contributed by atoms with Gasteiger partial charge in [-0.25, -0.2) is 4.98 Å². The van der Waals surface area contributed by atoms with Crippen LogP contribution in [0.1, 0.15) is 37.1 Å². The second kappa shape index (κ2) is 5.20. The van der Waals surface area contributed by atoms with E-state index in [1.54, 1.807) is 11.3 Å². The number of thiophene rings is 1. The van der Waals surface area contributed by atoms with Gasteiger partial charge in [0.05, 0.1) is 16.1 Å². The highest BCUT2D eigenvalue weighted by molar-refractivity contribution is 7.22. The molecule has 0 bridgehead atoms. The lowest BCUT2D eigenvalue weighted by atomic mass is 9.83. The molecule has 2 N–H and O–H groups in total. The summed E-state index contributed by atoms with van der Waals surface area (Å²) in [7, 11) is 0. The summed E-state index contributed by atoms with van der Waals surface area (Å²) >= 11 is 3.54. The molecular weight excluding hydrogens is 296 g/mol. The van der Waals surface area contributed by atoms with Crippen LogP contribution in [-0.2, 0) is 5.54 Å². The Morgan fingerprint density at radius 2 is 1.90 bits per heavy atom. The second-order valence-electron chi connectivity index (χ2n) is 5.90. The normalized spacial score (nSPS) is 18.1. The van der Waals surface area contributed by atoms with Gasteiger partial charge in [0, 0.05) is 10.1 Å². The zero-order valence-electron chi connectivity index (χ0n) is 11.8. The van der Waals surface area contributed by atoms with Crippen molar-refractivity contribution in [2.24, 2.45) is 5.73 Å². The van der Waals surface area contributed by atoms with E-state index >= 15 is 0 Å². The molecule has 0 amide bonds. The third-order valence-electron chi connectivity index (χ3n) is 4.35. The fraction of sp³-hybridized carbons (Fsp3) is 0.353. The van der Waals surface area contributed by atoms with Crippen molar-refractivity contribution in [1.29, 1.82) is 0 Å². The van der Waals surface area contributed by atoms with Crippen LogP contribution in [0.5, 0.6) is 0 Å². The molecule has 1 fully saturated rings. The van der Waals surface area contributed by atoms with Crippen molar-refractivity contribution < 1.29 is 0 Å². The van der Waals surface area contributed by atoms with E-state index in [1.165, 1.54) is 34.2 Å². The van der Waals surface area contributed by atoms with Crippen LogP contribution in [0.4, 0.5) is 0 Å². The fourth-order valence-electron chi connectivity index (χ4n) is 3.12. The molecule has 4 heteroatoms. The van der Waals surface area contributed by atoms with E-state index in [0.717, 1.165) is 23.5 Å². The van der Waals surface area contributed by atoms with Crippen LogP contribution in [0.15, 0.2) is 35.7 Å². The van der Waals surface area contributed by atoms with Crippen LogP contribution in [-0.4, -0.2) is 4.98 Å².